The van der Waals surface area contributed by atoms with Crippen LogP contribution in [0, 0.1) is 0 Å². The van der Waals surface area contributed by atoms with Gasteiger partial charge in [-0.05, 0) is 43.4 Å². The number of hydrogen-bond acceptors (Lipinski definition) is 2. The zero-order valence-corrected chi connectivity index (χ0v) is 10.0. The predicted molar refractivity (Wildman–Crippen MR) is 66.3 cm³/mol. The molecule has 3 rings (SSSR count). The van der Waals surface area contributed by atoms with Crippen molar-refractivity contribution in [2.24, 2.45) is 0 Å². The molecule has 2 nitrogen and oxygen atoms in total. The number of benzene rings is 1. The van der Waals surface area contributed by atoms with E-state index in [0.29, 0.717) is 11.9 Å². The van der Waals surface area contributed by atoms with E-state index in [2.05, 4.69) is 12.1 Å². The Morgan fingerprint density at radius 3 is 2.41 bits per heavy atom. The van der Waals surface area contributed by atoms with Gasteiger partial charge >= 0.3 is 0 Å². The summed E-state index contributed by atoms with van der Waals surface area (Å²) in [5.41, 5.74) is 1.16. The highest BCUT2D eigenvalue weighted by atomic mass is 16.5. The minimum absolute atomic E-state index is 0.138. The first kappa shape index (κ1) is 10.8. The molecule has 1 aromatic rings. The van der Waals surface area contributed by atoms with Crippen LogP contribution in [0.25, 0.3) is 0 Å². The molecule has 0 amide bonds. The summed E-state index contributed by atoms with van der Waals surface area (Å²) >= 11 is 0. The van der Waals surface area contributed by atoms with Crippen LogP contribution in [0.1, 0.15) is 50.0 Å². The van der Waals surface area contributed by atoms with Gasteiger partial charge in [-0.25, -0.2) is 0 Å². The number of rotatable bonds is 3. The lowest BCUT2D eigenvalue weighted by molar-refractivity contribution is -0.121. The smallest absolute Gasteiger partial charge is 0.140 e. The monoisotopic (exact) mass is 230 g/mol. The first-order chi connectivity index (χ1) is 8.33. The van der Waals surface area contributed by atoms with Gasteiger partial charge in [0.2, 0.25) is 0 Å². The summed E-state index contributed by atoms with van der Waals surface area (Å²) in [5, 5.41) is 0. The molecule has 1 aromatic carbocycles. The molecule has 0 spiro atoms. The van der Waals surface area contributed by atoms with E-state index in [1.54, 1.807) is 0 Å². The summed E-state index contributed by atoms with van der Waals surface area (Å²) in [6.07, 6.45) is 6.82. The standard InChI is InChI=1S/C15H18O2/c16-15-4-2-1-3-14(15)11-5-7-12(8-6-11)17-13-9-10-13/h5-8,13-14H,1-4,9-10H2. The second-order valence-electron chi connectivity index (χ2n) is 5.15. The van der Waals surface area contributed by atoms with Gasteiger partial charge in [-0.2, -0.15) is 0 Å². The fourth-order valence-corrected chi connectivity index (χ4v) is 2.49. The first-order valence-electron chi connectivity index (χ1n) is 6.62. The Bertz CT molecular complexity index is 403. The minimum Gasteiger partial charge on any atom is -0.490 e. The van der Waals surface area contributed by atoms with Crippen LogP contribution in [0.4, 0.5) is 0 Å². The number of ketones is 1. The maximum absolute atomic E-state index is 11.8. The zero-order chi connectivity index (χ0) is 11.7. The van der Waals surface area contributed by atoms with E-state index in [1.807, 2.05) is 12.1 Å². The second-order valence-corrected chi connectivity index (χ2v) is 5.15. The summed E-state index contributed by atoms with van der Waals surface area (Å²) in [4.78, 5) is 11.8. The quantitative estimate of drug-likeness (QED) is 0.795. The van der Waals surface area contributed by atoms with E-state index < -0.39 is 0 Å². The lowest BCUT2D eigenvalue weighted by atomic mass is 9.83. The zero-order valence-electron chi connectivity index (χ0n) is 10.0. The lowest BCUT2D eigenvalue weighted by Gasteiger charge is -2.20. The highest BCUT2D eigenvalue weighted by molar-refractivity contribution is 5.86. The van der Waals surface area contributed by atoms with E-state index >= 15 is 0 Å². The van der Waals surface area contributed by atoms with Crippen LogP contribution >= 0.6 is 0 Å². The van der Waals surface area contributed by atoms with Crippen molar-refractivity contribution in [2.75, 3.05) is 0 Å². The number of Topliss-reactive ketones (excluding diaryl/α,β-unsaturated/α-hetero) is 1. The molecule has 0 heterocycles. The summed E-state index contributed by atoms with van der Waals surface area (Å²) in [5.74, 6) is 1.49. The number of carbonyl (C=O) groups is 1. The van der Waals surface area contributed by atoms with E-state index in [9.17, 15) is 4.79 Å². The molecule has 0 aliphatic heterocycles. The van der Waals surface area contributed by atoms with E-state index in [1.165, 1.54) is 19.3 Å². The molecule has 2 fully saturated rings. The van der Waals surface area contributed by atoms with Crippen LogP contribution in [0.15, 0.2) is 24.3 Å². The number of carbonyl (C=O) groups excluding carboxylic acids is 1. The average molecular weight is 230 g/mol. The maximum Gasteiger partial charge on any atom is 0.140 e. The molecule has 0 bridgehead atoms. The molecule has 1 unspecified atom stereocenters. The van der Waals surface area contributed by atoms with Crippen LogP contribution in [0.3, 0.4) is 0 Å². The molecule has 0 N–H and O–H groups in total. The maximum atomic E-state index is 11.8. The van der Waals surface area contributed by atoms with Crippen molar-refractivity contribution in [1.29, 1.82) is 0 Å². The lowest BCUT2D eigenvalue weighted by Crippen LogP contribution is -2.16. The molecule has 2 aliphatic carbocycles. The minimum atomic E-state index is 0.138. The fraction of sp³-hybridized carbons (Fsp3) is 0.533. The van der Waals surface area contributed by atoms with Crippen LogP contribution in [0.2, 0.25) is 0 Å². The Hall–Kier alpha value is -1.31. The normalized spacial score (nSPS) is 24.7. The van der Waals surface area contributed by atoms with Crippen molar-refractivity contribution >= 4 is 5.78 Å². The summed E-state index contributed by atoms with van der Waals surface area (Å²) < 4.78 is 5.71. The molecule has 2 saturated carbocycles. The van der Waals surface area contributed by atoms with Crippen LogP contribution in [0.5, 0.6) is 5.75 Å². The molecule has 0 saturated heterocycles. The molecule has 1 atom stereocenters. The number of hydrogen-bond donors (Lipinski definition) is 0. The highest BCUT2D eigenvalue weighted by Crippen LogP contribution is 2.32. The van der Waals surface area contributed by atoms with Gasteiger partial charge in [0, 0.05) is 12.3 Å². The summed E-state index contributed by atoms with van der Waals surface area (Å²) in [7, 11) is 0. The third-order valence-corrected chi connectivity index (χ3v) is 3.66. The van der Waals surface area contributed by atoms with Crippen molar-refractivity contribution in [1.82, 2.24) is 0 Å². The Morgan fingerprint density at radius 2 is 1.76 bits per heavy atom. The summed E-state index contributed by atoms with van der Waals surface area (Å²) in [6, 6.07) is 8.14. The van der Waals surface area contributed by atoms with Gasteiger partial charge in [0.05, 0.1) is 6.10 Å². The van der Waals surface area contributed by atoms with Gasteiger partial charge in [-0.1, -0.05) is 18.6 Å². The third-order valence-electron chi connectivity index (χ3n) is 3.66. The Kier molecular flexibility index (Phi) is 2.87. The largest absolute Gasteiger partial charge is 0.490 e. The van der Waals surface area contributed by atoms with Gasteiger partial charge in [-0.15, -0.1) is 0 Å². The Labute approximate surface area is 102 Å². The SMILES string of the molecule is O=C1CCCCC1c1ccc(OC2CC2)cc1. The molecular formula is C15H18O2. The first-order valence-corrected chi connectivity index (χ1v) is 6.62. The van der Waals surface area contributed by atoms with Gasteiger partial charge in [0.25, 0.3) is 0 Å². The average Bonchev–Trinajstić information content (AvgIpc) is 3.15. The molecule has 2 heteroatoms. The van der Waals surface area contributed by atoms with Gasteiger partial charge in [-0.3, -0.25) is 4.79 Å². The van der Waals surface area contributed by atoms with Gasteiger partial charge in [0.15, 0.2) is 0 Å². The molecule has 17 heavy (non-hydrogen) atoms. The predicted octanol–water partition coefficient (Wildman–Crippen LogP) is 3.45. The van der Waals surface area contributed by atoms with Crippen molar-refractivity contribution in [3.63, 3.8) is 0 Å². The molecule has 2 aliphatic rings. The molecular weight excluding hydrogens is 212 g/mol. The number of ether oxygens (including phenoxy) is 1. The van der Waals surface area contributed by atoms with E-state index in [-0.39, 0.29) is 5.92 Å². The second kappa shape index (κ2) is 4.52. The Morgan fingerprint density at radius 1 is 1.00 bits per heavy atom. The fourth-order valence-electron chi connectivity index (χ4n) is 2.49. The van der Waals surface area contributed by atoms with Gasteiger partial charge < -0.3 is 4.74 Å². The third kappa shape index (κ3) is 2.51. The van der Waals surface area contributed by atoms with Crippen molar-refractivity contribution < 1.29 is 9.53 Å². The van der Waals surface area contributed by atoms with Crippen LogP contribution in [-0.2, 0) is 4.79 Å². The van der Waals surface area contributed by atoms with E-state index in [0.717, 1.165) is 30.6 Å². The Balaban J connectivity index is 1.71. The van der Waals surface area contributed by atoms with Crippen molar-refractivity contribution in [3.8, 4) is 5.75 Å². The highest BCUT2D eigenvalue weighted by Gasteiger charge is 2.25. The molecule has 0 aromatic heterocycles. The van der Waals surface area contributed by atoms with E-state index in [4.69, 9.17) is 4.74 Å². The topological polar surface area (TPSA) is 26.3 Å². The van der Waals surface area contributed by atoms with Crippen LogP contribution in [-0.4, -0.2) is 11.9 Å². The summed E-state index contributed by atoms with van der Waals surface area (Å²) in [6.45, 7) is 0. The molecule has 0 radical (unpaired) electrons. The van der Waals surface area contributed by atoms with Crippen LogP contribution < -0.4 is 4.74 Å². The van der Waals surface area contributed by atoms with Gasteiger partial charge in [0.1, 0.15) is 11.5 Å². The molecule has 90 valence electrons. The van der Waals surface area contributed by atoms with Crippen molar-refractivity contribution in [3.05, 3.63) is 29.8 Å². The van der Waals surface area contributed by atoms with Crippen molar-refractivity contribution in [2.45, 2.75) is 50.5 Å².